The quantitative estimate of drug-likeness (QED) is 0.832. The van der Waals surface area contributed by atoms with Crippen molar-refractivity contribution in [1.82, 2.24) is 24.4 Å². The van der Waals surface area contributed by atoms with E-state index < -0.39 is 0 Å². The molecule has 0 aliphatic carbocycles. The number of aromatic nitrogens is 4. The van der Waals surface area contributed by atoms with Gasteiger partial charge in [-0.2, -0.15) is 0 Å². The Labute approximate surface area is 129 Å². The van der Waals surface area contributed by atoms with Gasteiger partial charge in [0.05, 0.1) is 6.33 Å². The Balaban J connectivity index is 1.49. The van der Waals surface area contributed by atoms with E-state index in [4.69, 9.17) is 0 Å². The van der Waals surface area contributed by atoms with Crippen LogP contribution in [-0.4, -0.2) is 56.5 Å². The van der Waals surface area contributed by atoms with Gasteiger partial charge in [-0.25, -0.2) is 15.0 Å². The number of nitrogens with zero attached hydrogens (tertiary/aromatic N) is 6. The van der Waals surface area contributed by atoms with E-state index in [0.29, 0.717) is 13.0 Å². The lowest BCUT2D eigenvalue weighted by atomic mass is 10.2. The minimum Gasteiger partial charge on any atom is -0.353 e. The molecule has 0 saturated carbocycles. The van der Waals surface area contributed by atoms with E-state index in [1.165, 1.54) is 0 Å². The molecule has 0 radical (unpaired) electrons. The third-order valence-electron chi connectivity index (χ3n) is 3.86. The Morgan fingerprint density at radius 2 is 2.05 bits per heavy atom. The Kier molecular flexibility index (Phi) is 4.32. The van der Waals surface area contributed by atoms with Crippen molar-refractivity contribution in [3.8, 4) is 0 Å². The predicted molar refractivity (Wildman–Crippen MR) is 82.4 cm³/mol. The van der Waals surface area contributed by atoms with Crippen LogP contribution in [0.4, 0.5) is 5.82 Å². The SMILES string of the molecule is Cc1nccc(N2CCN(C(=O)CCn3ccnc3)CC2)n1. The van der Waals surface area contributed by atoms with Crippen molar-refractivity contribution in [1.29, 1.82) is 0 Å². The first-order chi connectivity index (χ1) is 10.7. The van der Waals surface area contributed by atoms with E-state index >= 15 is 0 Å². The minimum absolute atomic E-state index is 0.201. The van der Waals surface area contributed by atoms with Gasteiger partial charge in [0.25, 0.3) is 0 Å². The number of carbonyl (C=O) groups is 1. The van der Waals surface area contributed by atoms with Crippen LogP contribution in [0, 0.1) is 6.92 Å². The van der Waals surface area contributed by atoms with E-state index in [1.807, 2.05) is 28.7 Å². The third-order valence-corrected chi connectivity index (χ3v) is 3.86. The Morgan fingerprint density at radius 3 is 2.73 bits per heavy atom. The first kappa shape index (κ1) is 14.5. The van der Waals surface area contributed by atoms with Gasteiger partial charge in [0, 0.05) is 57.7 Å². The van der Waals surface area contributed by atoms with Crippen LogP contribution in [-0.2, 0) is 11.3 Å². The summed E-state index contributed by atoms with van der Waals surface area (Å²) in [4.78, 5) is 28.9. The van der Waals surface area contributed by atoms with Gasteiger partial charge in [0.15, 0.2) is 0 Å². The standard InChI is InChI=1S/C15H20N6O/c1-13-17-4-2-14(18-13)20-8-10-21(11-9-20)15(22)3-6-19-7-5-16-12-19/h2,4-5,7,12H,3,6,8-11H2,1H3. The number of anilines is 1. The number of amides is 1. The maximum absolute atomic E-state index is 12.2. The van der Waals surface area contributed by atoms with Gasteiger partial charge in [-0.1, -0.05) is 0 Å². The van der Waals surface area contributed by atoms with Gasteiger partial charge in [0.2, 0.25) is 5.91 Å². The summed E-state index contributed by atoms with van der Waals surface area (Å²) in [5, 5.41) is 0. The lowest BCUT2D eigenvalue weighted by Crippen LogP contribution is -2.49. The maximum Gasteiger partial charge on any atom is 0.224 e. The Bertz CT molecular complexity index is 619. The van der Waals surface area contributed by atoms with Crippen LogP contribution >= 0.6 is 0 Å². The molecule has 1 aliphatic heterocycles. The lowest BCUT2D eigenvalue weighted by molar-refractivity contribution is -0.131. The molecule has 0 aromatic carbocycles. The van der Waals surface area contributed by atoms with Crippen LogP contribution in [0.25, 0.3) is 0 Å². The lowest BCUT2D eigenvalue weighted by Gasteiger charge is -2.35. The third kappa shape index (κ3) is 3.41. The molecule has 0 spiro atoms. The van der Waals surface area contributed by atoms with Crippen molar-refractivity contribution in [2.24, 2.45) is 0 Å². The van der Waals surface area contributed by atoms with Crippen molar-refractivity contribution in [2.75, 3.05) is 31.1 Å². The van der Waals surface area contributed by atoms with Gasteiger partial charge in [-0.3, -0.25) is 4.79 Å². The number of imidazole rings is 1. The van der Waals surface area contributed by atoms with Gasteiger partial charge in [-0.15, -0.1) is 0 Å². The van der Waals surface area contributed by atoms with Crippen molar-refractivity contribution in [2.45, 2.75) is 19.9 Å². The van der Waals surface area contributed by atoms with Gasteiger partial charge >= 0.3 is 0 Å². The van der Waals surface area contributed by atoms with E-state index in [-0.39, 0.29) is 5.91 Å². The number of hydrogen-bond donors (Lipinski definition) is 0. The monoisotopic (exact) mass is 300 g/mol. The molecular weight excluding hydrogens is 280 g/mol. The summed E-state index contributed by atoms with van der Waals surface area (Å²) in [6.45, 7) is 5.68. The average molecular weight is 300 g/mol. The zero-order valence-corrected chi connectivity index (χ0v) is 12.7. The van der Waals surface area contributed by atoms with Crippen molar-refractivity contribution in [3.05, 3.63) is 36.8 Å². The highest BCUT2D eigenvalue weighted by Gasteiger charge is 2.21. The highest BCUT2D eigenvalue weighted by molar-refractivity contribution is 5.76. The first-order valence-corrected chi connectivity index (χ1v) is 7.50. The minimum atomic E-state index is 0.201. The summed E-state index contributed by atoms with van der Waals surface area (Å²) in [6.07, 6.45) is 7.64. The number of rotatable bonds is 4. The molecule has 2 aromatic rings. The molecule has 1 saturated heterocycles. The molecule has 1 aliphatic rings. The molecule has 0 bridgehead atoms. The highest BCUT2D eigenvalue weighted by atomic mass is 16.2. The van der Waals surface area contributed by atoms with Crippen molar-refractivity contribution in [3.63, 3.8) is 0 Å². The van der Waals surface area contributed by atoms with Crippen LogP contribution in [0.2, 0.25) is 0 Å². The molecule has 1 fully saturated rings. The van der Waals surface area contributed by atoms with Crippen LogP contribution in [0.5, 0.6) is 0 Å². The normalized spacial score (nSPS) is 15.1. The summed E-state index contributed by atoms with van der Waals surface area (Å²) in [5.41, 5.74) is 0. The topological polar surface area (TPSA) is 67.2 Å². The van der Waals surface area contributed by atoms with Crippen LogP contribution in [0.15, 0.2) is 31.0 Å². The molecule has 7 nitrogen and oxygen atoms in total. The Morgan fingerprint density at radius 1 is 1.23 bits per heavy atom. The second-order valence-corrected chi connectivity index (χ2v) is 5.38. The average Bonchev–Trinajstić information content (AvgIpc) is 3.06. The molecule has 3 heterocycles. The highest BCUT2D eigenvalue weighted by Crippen LogP contribution is 2.13. The van der Waals surface area contributed by atoms with E-state index in [2.05, 4.69) is 19.9 Å². The molecule has 7 heteroatoms. The first-order valence-electron chi connectivity index (χ1n) is 7.50. The fraction of sp³-hybridized carbons (Fsp3) is 0.467. The molecule has 3 rings (SSSR count). The Hall–Kier alpha value is -2.44. The van der Waals surface area contributed by atoms with Crippen LogP contribution < -0.4 is 4.90 Å². The smallest absolute Gasteiger partial charge is 0.224 e. The summed E-state index contributed by atoms with van der Waals surface area (Å²) in [7, 11) is 0. The molecule has 2 aromatic heterocycles. The van der Waals surface area contributed by atoms with Crippen LogP contribution in [0.1, 0.15) is 12.2 Å². The summed E-state index contributed by atoms with van der Waals surface area (Å²) in [5.74, 6) is 1.92. The number of carbonyl (C=O) groups excluding carboxylic acids is 1. The molecular formula is C15H20N6O. The molecule has 0 unspecified atom stereocenters. The van der Waals surface area contributed by atoms with E-state index in [0.717, 1.165) is 37.8 Å². The second kappa shape index (κ2) is 6.55. The molecule has 116 valence electrons. The zero-order chi connectivity index (χ0) is 15.4. The van der Waals surface area contributed by atoms with Gasteiger partial charge in [0.1, 0.15) is 11.6 Å². The fourth-order valence-corrected chi connectivity index (χ4v) is 2.61. The fourth-order valence-electron chi connectivity index (χ4n) is 2.61. The van der Waals surface area contributed by atoms with E-state index in [9.17, 15) is 4.79 Å². The summed E-state index contributed by atoms with van der Waals surface area (Å²) in [6, 6.07) is 1.92. The second-order valence-electron chi connectivity index (χ2n) is 5.38. The number of piperazine rings is 1. The zero-order valence-electron chi connectivity index (χ0n) is 12.7. The van der Waals surface area contributed by atoms with Gasteiger partial charge in [-0.05, 0) is 13.0 Å². The largest absolute Gasteiger partial charge is 0.353 e. The van der Waals surface area contributed by atoms with Crippen molar-refractivity contribution < 1.29 is 4.79 Å². The molecule has 1 amide bonds. The number of aryl methyl sites for hydroxylation is 2. The predicted octanol–water partition coefficient (Wildman–Crippen LogP) is 0.720. The summed E-state index contributed by atoms with van der Waals surface area (Å²) >= 11 is 0. The molecule has 22 heavy (non-hydrogen) atoms. The van der Waals surface area contributed by atoms with Crippen LogP contribution in [0.3, 0.4) is 0 Å². The summed E-state index contributed by atoms with van der Waals surface area (Å²) < 4.78 is 1.93. The van der Waals surface area contributed by atoms with E-state index in [1.54, 1.807) is 18.7 Å². The van der Waals surface area contributed by atoms with Gasteiger partial charge < -0.3 is 14.4 Å². The van der Waals surface area contributed by atoms with Crippen molar-refractivity contribution >= 4 is 11.7 Å². The number of hydrogen-bond acceptors (Lipinski definition) is 5. The molecule has 0 N–H and O–H groups in total. The maximum atomic E-state index is 12.2. The molecule has 0 atom stereocenters.